The van der Waals surface area contributed by atoms with E-state index in [1.807, 2.05) is 24.3 Å². The molecule has 0 aromatic heterocycles. The molecule has 1 saturated heterocycles. The molecule has 0 radical (unpaired) electrons. The van der Waals surface area contributed by atoms with Gasteiger partial charge in [-0.15, -0.1) is 11.8 Å². The number of thioether (sulfide) groups is 1. The van der Waals surface area contributed by atoms with E-state index < -0.39 is 0 Å². The van der Waals surface area contributed by atoms with Gasteiger partial charge in [-0.25, -0.2) is 0 Å². The third kappa shape index (κ3) is 6.09. The van der Waals surface area contributed by atoms with Crippen LogP contribution in [-0.4, -0.2) is 42.2 Å². The van der Waals surface area contributed by atoms with Gasteiger partial charge in [-0.05, 0) is 56.1 Å². The first-order valence-electron chi connectivity index (χ1n) is 10.5. The molecule has 1 aliphatic heterocycles. The lowest BCUT2D eigenvalue weighted by Crippen LogP contribution is -2.30. The van der Waals surface area contributed by atoms with Crippen LogP contribution in [-0.2, 0) is 22.6 Å². The number of ether oxygens (including phenoxy) is 1. The SMILES string of the molecule is COC(=O)C(C)Sc1ccccc1C(=O)NCc1ccccc1CN1CCCCC1. The van der Waals surface area contributed by atoms with E-state index in [1.54, 1.807) is 13.0 Å². The number of benzene rings is 2. The first-order chi connectivity index (χ1) is 14.6. The Morgan fingerprint density at radius 2 is 1.70 bits per heavy atom. The predicted molar refractivity (Wildman–Crippen MR) is 121 cm³/mol. The zero-order valence-electron chi connectivity index (χ0n) is 17.7. The van der Waals surface area contributed by atoms with Crippen LogP contribution in [0, 0.1) is 0 Å². The lowest BCUT2D eigenvalue weighted by molar-refractivity contribution is -0.139. The lowest BCUT2D eigenvalue weighted by Gasteiger charge is -2.27. The molecule has 160 valence electrons. The molecule has 0 saturated carbocycles. The lowest BCUT2D eigenvalue weighted by atomic mass is 10.0. The molecule has 1 atom stereocenters. The van der Waals surface area contributed by atoms with Crippen molar-refractivity contribution in [3.8, 4) is 0 Å². The fourth-order valence-corrected chi connectivity index (χ4v) is 4.69. The summed E-state index contributed by atoms with van der Waals surface area (Å²) in [5, 5.41) is 2.68. The summed E-state index contributed by atoms with van der Waals surface area (Å²) in [4.78, 5) is 27.9. The maximum Gasteiger partial charge on any atom is 0.318 e. The van der Waals surface area contributed by atoms with Crippen LogP contribution in [0.5, 0.6) is 0 Å². The largest absolute Gasteiger partial charge is 0.468 e. The smallest absolute Gasteiger partial charge is 0.318 e. The molecule has 6 heteroatoms. The minimum Gasteiger partial charge on any atom is -0.468 e. The van der Waals surface area contributed by atoms with E-state index in [0.29, 0.717) is 12.1 Å². The van der Waals surface area contributed by atoms with Crippen LogP contribution in [0.3, 0.4) is 0 Å². The number of carbonyl (C=O) groups excluding carboxylic acids is 2. The van der Waals surface area contributed by atoms with Crippen molar-refractivity contribution in [2.45, 2.75) is 49.4 Å². The average molecular weight is 427 g/mol. The molecule has 1 fully saturated rings. The maximum atomic E-state index is 12.9. The number of likely N-dealkylation sites (tertiary alicyclic amines) is 1. The Morgan fingerprint density at radius 1 is 1.03 bits per heavy atom. The van der Waals surface area contributed by atoms with Crippen molar-refractivity contribution in [3.05, 3.63) is 65.2 Å². The Kier molecular flexibility index (Phi) is 8.34. The minimum absolute atomic E-state index is 0.136. The number of hydrogen-bond donors (Lipinski definition) is 1. The third-order valence-electron chi connectivity index (χ3n) is 5.37. The van der Waals surface area contributed by atoms with E-state index in [-0.39, 0.29) is 17.1 Å². The number of piperidine rings is 1. The van der Waals surface area contributed by atoms with Crippen LogP contribution in [0.1, 0.15) is 47.7 Å². The summed E-state index contributed by atoms with van der Waals surface area (Å²) in [6, 6.07) is 15.7. The highest BCUT2D eigenvalue weighted by Gasteiger charge is 2.19. The molecule has 0 aliphatic carbocycles. The Hall–Kier alpha value is -2.31. The van der Waals surface area contributed by atoms with E-state index >= 15 is 0 Å². The number of methoxy groups -OCH3 is 1. The first kappa shape index (κ1) is 22.4. The number of amides is 1. The molecule has 2 aromatic carbocycles. The second-order valence-electron chi connectivity index (χ2n) is 7.57. The van der Waals surface area contributed by atoms with Crippen LogP contribution in [0.25, 0.3) is 0 Å². The Labute approximate surface area is 183 Å². The van der Waals surface area contributed by atoms with Gasteiger partial charge in [0.15, 0.2) is 0 Å². The van der Waals surface area contributed by atoms with Crippen molar-refractivity contribution < 1.29 is 14.3 Å². The molecule has 1 heterocycles. The van der Waals surface area contributed by atoms with Gasteiger partial charge in [0, 0.05) is 18.0 Å². The monoisotopic (exact) mass is 426 g/mol. The molecule has 2 aromatic rings. The summed E-state index contributed by atoms with van der Waals surface area (Å²) in [6.07, 6.45) is 3.84. The molecule has 1 unspecified atom stereocenters. The number of nitrogens with zero attached hydrogens (tertiary/aromatic N) is 1. The van der Waals surface area contributed by atoms with E-state index in [0.717, 1.165) is 30.1 Å². The van der Waals surface area contributed by atoms with E-state index in [9.17, 15) is 9.59 Å². The Morgan fingerprint density at radius 3 is 2.43 bits per heavy atom. The molecule has 1 N–H and O–H groups in total. The van der Waals surface area contributed by atoms with Crippen molar-refractivity contribution >= 4 is 23.6 Å². The van der Waals surface area contributed by atoms with Crippen LogP contribution >= 0.6 is 11.8 Å². The number of nitrogens with one attached hydrogen (secondary N) is 1. The summed E-state index contributed by atoms with van der Waals surface area (Å²) in [5.74, 6) is -0.440. The second-order valence-corrected chi connectivity index (χ2v) is 8.95. The molecule has 1 amide bonds. The van der Waals surface area contributed by atoms with Gasteiger partial charge in [-0.1, -0.05) is 42.8 Å². The summed E-state index contributed by atoms with van der Waals surface area (Å²) in [5.41, 5.74) is 2.98. The van der Waals surface area contributed by atoms with E-state index in [4.69, 9.17) is 4.74 Å². The van der Waals surface area contributed by atoms with Crippen LogP contribution in [0.4, 0.5) is 0 Å². The minimum atomic E-state index is -0.380. The molecular weight excluding hydrogens is 396 g/mol. The number of hydrogen-bond acceptors (Lipinski definition) is 5. The molecule has 0 bridgehead atoms. The second kappa shape index (κ2) is 11.2. The van der Waals surface area contributed by atoms with Crippen molar-refractivity contribution in [3.63, 3.8) is 0 Å². The van der Waals surface area contributed by atoms with Crippen molar-refractivity contribution in [2.24, 2.45) is 0 Å². The summed E-state index contributed by atoms with van der Waals surface area (Å²) in [6.45, 7) is 5.47. The first-order valence-corrected chi connectivity index (χ1v) is 11.4. The third-order valence-corrected chi connectivity index (χ3v) is 6.52. The zero-order chi connectivity index (χ0) is 21.3. The van der Waals surface area contributed by atoms with Crippen LogP contribution in [0.15, 0.2) is 53.4 Å². The van der Waals surface area contributed by atoms with Gasteiger partial charge >= 0.3 is 5.97 Å². The fourth-order valence-electron chi connectivity index (χ4n) is 3.67. The van der Waals surface area contributed by atoms with E-state index in [1.165, 1.54) is 43.7 Å². The van der Waals surface area contributed by atoms with Gasteiger partial charge < -0.3 is 10.1 Å². The van der Waals surface area contributed by atoms with Gasteiger partial charge in [0.25, 0.3) is 5.91 Å². The fraction of sp³-hybridized carbons (Fsp3) is 0.417. The predicted octanol–water partition coefficient (Wildman–Crippen LogP) is 4.26. The van der Waals surface area contributed by atoms with Crippen LogP contribution < -0.4 is 5.32 Å². The average Bonchev–Trinajstić information content (AvgIpc) is 2.78. The Bertz CT molecular complexity index is 865. The standard InChI is InChI=1S/C24H30N2O3S/c1-18(24(28)29-2)30-22-13-7-6-12-21(22)23(27)25-16-19-10-4-5-11-20(19)17-26-14-8-3-9-15-26/h4-7,10-13,18H,3,8-9,14-17H2,1-2H3,(H,25,27). The number of rotatable bonds is 8. The highest BCUT2D eigenvalue weighted by Crippen LogP contribution is 2.27. The molecule has 0 spiro atoms. The molecule has 30 heavy (non-hydrogen) atoms. The number of carbonyl (C=O) groups is 2. The highest BCUT2D eigenvalue weighted by molar-refractivity contribution is 8.00. The van der Waals surface area contributed by atoms with Crippen molar-refractivity contribution in [1.29, 1.82) is 0 Å². The van der Waals surface area contributed by atoms with Gasteiger partial charge in [-0.2, -0.15) is 0 Å². The quantitative estimate of drug-likeness (QED) is 0.505. The molecular formula is C24H30N2O3S. The van der Waals surface area contributed by atoms with Gasteiger partial charge in [0.2, 0.25) is 0 Å². The zero-order valence-corrected chi connectivity index (χ0v) is 18.5. The topological polar surface area (TPSA) is 58.6 Å². The van der Waals surface area contributed by atoms with Gasteiger partial charge in [0.1, 0.15) is 5.25 Å². The van der Waals surface area contributed by atoms with Crippen molar-refractivity contribution in [1.82, 2.24) is 10.2 Å². The molecule has 5 nitrogen and oxygen atoms in total. The maximum absolute atomic E-state index is 12.9. The van der Waals surface area contributed by atoms with Crippen molar-refractivity contribution in [2.75, 3.05) is 20.2 Å². The van der Waals surface area contributed by atoms with E-state index in [2.05, 4.69) is 28.4 Å². The summed E-state index contributed by atoms with van der Waals surface area (Å²) >= 11 is 1.34. The summed E-state index contributed by atoms with van der Waals surface area (Å²) in [7, 11) is 1.37. The molecule has 3 rings (SSSR count). The highest BCUT2D eigenvalue weighted by atomic mass is 32.2. The molecule has 1 aliphatic rings. The number of esters is 1. The Balaban J connectivity index is 1.66. The summed E-state index contributed by atoms with van der Waals surface area (Å²) < 4.78 is 4.80. The van der Waals surface area contributed by atoms with Crippen LogP contribution in [0.2, 0.25) is 0 Å². The van der Waals surface area contributed by atoms with Gasteiger partial charge in [0.05, 0.1) is 12.7 Å². The normalized spacial score (nSPS) is 15.4. The van der Waals surface area contributed by atoms with Gasteiger partial charge in [-0.3, -0.25) is 14.5 Å².